The summed E-state index contributed by atoms with van der Waals surface area (Å²) in [7, 11) is -3.62. The summed E-state index contributed by atoms with van der Waals surface area (Å²) in [5.41, 5.74) is 4.93. The van der Waals surface area contributed by atoms with Gasteiger partial charge < -0.3 is 5.11 Å². The first kappa shape index (κ1) is 17.5. The van der Waals surface area contributed by atoms with Crippen molar-refractivity contribution in [1.82, 2.24) is 0 Å². The van der Waals surface area contributed by atoms with Crippen molar-refractivity contribution in [1.29, 1.82) is 0 Å². The van der Waals surface area contributed by atoms with Crippen LogP contribution in [0.1, 0.15) is 40.3 Å². The summed E-state index contributed by atoms with van der Waals surface area (Å²) in [4.78, 5) is 0.622. The predicted molar refractivity (Wildman–Crippen MR) is 93.1 cm³/mol. The van der Waals surface area contributed by atoms with Crippen LogP contribution in [-0.4, -0.2) is 13.5 Å². The Bertz CT molecular complexity index is 855. The van der Waals surface area contributed by atoms with E-state index in [1.165, 1.54) is 5.56 Å². The highest BCUT2D eigenvalue weighted by Crippen LogP contribution is 2.33. The third-order valence-corrected chi connectivity index (χ3v) is 6.58. The van der Waals surface area contributed by atoms with Crippen molar-refractivity contribution in [2.45, 2.75) is 57.8 Å². The van der Waals surface area contributed by atoms with Gasteiger partial charge in [0.1, 0.15) is 5.75 Å². The molecule has 0 saturated carbocycles. The van der Waals surface area contributed by atoms with Crippen molar-refractivity contribution in [2.75, 3.05) is 0 Å². The van der Waals surface area contributed by atoms with Crippen LogP contribution in [0.25, 0.3) is 0 Å². The fraction of sp³-hybridized carbons (Fsp3) is 0.368. The molecule has 3 nitrogen and oxygen atoms in total. The smallest absolute Gasteiger partial charge is 0.207 e. The maximum absolute atomic E-state index is 13.2. The molecule has 124 valence electrons. The lowest BCUT2D eigenvalue weighted by Crippen LogP contribution is -2.10. The maximum atomic E-state index is 13.2. The molecule has 2 aromatic rings. The first-order valence-corrected chi connectivity index (χ1v) is 9.24. The summed E-state index contributed by atoms with van der Waals surface area (Å²) in [5, 5.41) is 9.89. The molecule has 0 aliphatic rings. The second-order valence-electron chi connectivity index (χ2n) is 6.19. The Hall–Kier alpha value is -1.81. The topological polar surface area (TPSA) is 54.4 Å². The van der Waals surface area contributed by atoms with Crippen molar-refractivity contribution in [3.8, 4) is 5.75 Å². The molecule has 0 aliphatic heterocycles. The van der Waals surface area contributed by atoms with Gasteiger partial charge in [-0.3, -0.25) is 0 Å². The molecule has 4 heteroatoms. The highest BCUT2D eigenvalue weighted by Gasteiger charge is 2.25. The van der Waals surface area contributed by atoms with Gasteiger partial charge in [0.25, 0.3) is 0 Å². The molecular weight excluding hydrogens is 308 g/mol. The lowest BCUT2D eigenvalue weighted by molar-refractivity contribution is 0.466. The van der Waals surface area contributed by atoms with E-state index in [0.717, 1.165) is 23.1 Å². The summed E-state index contributed by atoms with van der Waals surface area (Å²) in [5.74, 6) is 0.148. The van der Waals surface area contributed by atoms with E-state index in [-0.39, 0.29) is 10.6 Å². The highest BCUT2D eigenvalue weighted by atomic mass is 32.2. The molecule has 0 radical (unpaired) electrons. The average molecular weight is 332 g/mol. The van der Waals surface area contributed by atoms with Gasteiger partial charge in [0, 0.05) is 0 Å². The zero-order valence-corrected chi connectivity index (χ0v) is 15.4. The molecule has 0 saturated heterocycles. The number of benzene rings is 2. The molecule has 0 aliphatic carbocycles. The van der Waals surface area contributed by atoms with Crippen LogP contribution in [0, 0.1) is 34.6 Å². The minimum atomic E-state index is -3.62. The number of sulfone groups is 1. The van der Waals surface area contributed by atoms with Gasteiger partial charge in [-0.05, 0) is 86.6 Å². The van der Waals surface area contributed by atoms with E-state index in [0.29, 0.717) is 16.0 Å². The molecule has 2 aromatic carbocycles. The molecule has 0 fully saturated rings. The molecule has 2 rings (SSSR count). The van der Waals surface area contributed by atoms with Gasteiger partial charge in [0.15, 0.2) is 0 Å². The molecule has 1 N–H and O–H groups in total. The second kappa shape index (κ2) is 6.00. The molecule has 0 heterocycles. The first-order valence-electron chi connectivity index (χ1n) is 7.76. The Morgan fingerprint density at radius 1 is 0.870 bits per heavy atom. The van der Waals surface area contributed by atoms with Crippen molar-refractivity contribution in [3.05, 3.63) is 51.6 Å². The van der Waals surface area contributed by atoms with Crippen LogP contribution >= 0.6 is 0 Å². The lowest BCUT2D eigenvalue weighted by Gasteiger charge is -2.17. The zero-order valence-electron chi connectivity index (χ0n) is 14.6. The third-order valence-electron chi connectivity index (χ3n) is 4.56. The summed E-state index contributed by atoms with van der Waals surface area (Å²) < 4.78 is 26.3. The van der Waals surface area contributed by atoms with Gasteiger partial charge >= 0.3 is 0 Å². The SMILES string of the molecule is CCc1cc(C)c(S(=O)(=O)c2cc(C)c(O)c(C)c2)c(C)c1C. The van der Waals surface area contributed by atoms with Crippen molar-refractivity contribution in [2.24, 2.45) is 0 Å². The number of hydrogen-bond donors (Lipinski definition) is 1. The van der Waals surface area contributed by atoms with Crippen LogP contribution in [0.4, 0.5) is 0 Å². The van der Waals surface area contributed by atoms with Gasteiger partial charge in [-0.25, -0.2) is 8.42 Å². The van der Waals surface area contributed by atoms with Gasteiger partial charge in [-0.1, -0.05) is 13.0 Å². The van der Waals surface area contributed by atoms with E-state index >= 15 is 0 Å². The minimum absolute atomic E-state index is 0.148. The van der Waals surface area contributed by atoms with E-state index in [1.54, 1.807) is 26.0 Å². The normalized spacial score (nSPS) is 11.7. The van der Waals surface area contributed by atoms with E-state index in [9.17, 15) is 13.5 Å². The molecule has 0 aromatic heterocycles. The van der Waals surface area contributed by atoms with Crippen molar-refractivity contribution >= 4 is 9.84 Å². The number of aromatic hydroxyl groups is 1. The van der Waals surface area contributed by atoms with E-state index in [2.05, 4.69) is 6.92 Å². The van der Waals surface area contributed by atoms with Crippen LogP contribution < -0.4 is 0 Å². The molecule has 0 spiro atoms. The van der Waals surface area contributed by atoms with E-state index in [1.807, 2.05) is 26.8 Å². The zero-order chi connectivity index (χ0) is 17.5. The van der Waals surface area contributed by atoms with Crippen molar-refractivity contribution < 1.29 is 13.5 Å². The van der Waals surface area contributed by atoms with E-state index < -0.39 is 9.84 Å². The Labute approximate surface area is 138 Å². The van der Waals surface area contributed by atoms with E-state index in [4.69, 9.17) is 0 Å². The largest absolute Gasteiger partial charge is 0.507 e. The number of phenols is 1. The van der Waals surface area contributed by atoms with Crippen LogP contribution in [0.5, 0.6) is 5.75 Å². The number of rotatable bonds is 3. The van der Waals surface area contributed by atoms with Crippen molar-refractivity contribution in [3.63, 3.8) is 0 Å². The summed E-state index contributed by atoms with van der Waals surface area (Å²) in [6.07, 6.45) is 0.880. The molecule has 23 heavy (non-hydrogen) atoms. The minimum Gasteiger partial charge on any atom is -0.507 e. The summed E-state index contributed by atoms with van der Waals surface area (Å²) in [6, 6.07) is 5.05. The Kier molecular flexibility index (Phi) is 4.58. The quantitative estimate of drug-likeness (QED) is 0.910. The molecular formula is C19H24O3S. The third kappa shape index (κ3) is 2.88. The number of phenolic OH excluding ortho intramolecular Hbond substituents is 1. The van der Waals surface area contributed by atoms with Gasteiger partial charge in [0.05, 0.1) is 9.79 Å². The molecule has 0 bridgehead atoms. The molecule has 0 amide bonds. The molecule has 0 atom stereocenters. The fourth-order valence-corrected chi connectivity index (χ4v) is 5.05. The van der Waals surface area contributed by atoms with Gasteiger partial charge in [-0.15, -0.1) is 0 Å². The maximum Gasteiger partial charge on any atom is 0.207 e. The first-order chi connectivity index (χ1) is 10.6. The second-order valence-corrected chi connectivity index (χ2v) is 8.08. The fourth-order valence-electron chi connectivity index (χ4n) is 3.11. The van der Waals surface area contributed by atoms with Gasteiger partial charge in [0.2, 0.25) is 9.84 Å². The monoisotopic (exact) mass is 332 g/mol. The van der Waals surface area contributed by atoms with Crippen LogP contribution in [0.15, 0.2) is 28.0 Å². The number of hydrogen-bond acceptors (Lipinski definition) is 3. The summed E-state index contributed by atoms with van der Waals surface area (Å²) in [6.45, 7) is 11.2. The summed E-state index contributed by atoms with van der Waals surface area (Å²) >= 11 is 0. The Morgan fingerprint density at radius 2 is 1.39 bits per heavy atom. The Balaban J connectivity index is 2.78. The number of aryl methyl sites for hydroxylation is 4. The standard InChI is InChI=1S/C19H24O3S/c1-7-16-8-13(4)19(15(6)14(16)5)23(21,22)17-9-11(2)18(20)12(3)10-17/h8-10,20H,7H2,1-6H3. The molecule has 0 unspecified atom stereocenters. The van der Waals surface area contributed by atoms with Crippen LogP contribution in [-0.2, 0) is 16.3 Å². The van der Waals surface area contributed by atoms with Crippen LogP contribution in [0.2, 0.25) is 0 Å². The lowest BCUT2D eigenvalue weighted by atomic mass is 9.98. The predicted octanol–water partition coefficient (Wildman–Crippen LogP) is 4.33. The van der Waals surface area contributed by atoms with Crippen LogP contribution in [0.3, 0.4) is 0 Å². The average Bonchev–Trinajstić information content (AvgIpc) is 2.47. The highest BCUT2D eigenvalue weighted by molar-refractivity contribution is 7.91. The van der Waals surface area contributed by atoms with Gasteiger partial charge in [-0.2, -0.15) is 0 Å². The Morgan fingerprint density at radius 3 is 1.87 bits per heavy atom.